The van der Waals surface area contributed by atoms with E-state index in [-0.39, 0.29) is 21.1 Å². The van der Waals surface area contributed by atoms with Crippen LogP contribution in [-0.4, -0.2) is 54.4 Å². The second kappa shape index (κ2) is 11.9. The molecule has 1 saturated heterocycles. The molecular formula is C28H33N3O7S2. The average molecular weight is 588 g/mol. The number of piperidine rings is 1. The number of nitrogens with zero attached hydrogens (tertiary/aromatic N) is 1. The number of carbonyl (C=O) groups is 1. The minimum atomic E-state index is -3.94. The normalized spacial score (nSPS) is 14.9. The topological polar surface area (TPSA) is 131 Å². The summed E-state index contributed by atoms with van der Waals surface area (Å²) in [7, 11) is -4.88. The molecule has 4 rings (SSSR count). The Morgan fingerprint density at radius 3 is 2.08 bits per heavy atom. The zero-order valence-corrected chi connectivity index (χ0v) is 24.4. The number of amides is 1. The molecule has 0 saturated carbocycles. The number of aryl methyl sites for hydroxylation is 1. The highest BCUT2D eigenvalue weighted by molar-refractivity contribution is 7.92. The molecule has 40 heavy (non-hydrogen) atoms. The van der Waals surface area contributed by atoms with Crippen molar-refractivity contribution in [2.45, 2.75) is 36.5 Å². The van der Waals surface area contributed by atoms with Gasteiger partial charge in [0.15, 0.2) is 0 Å². The van der Waals surface area contributed by atoms with Gasteiger partial charge in [0.05, 0.1) is 35.3 Å². The SMILES string of the molecule is COc1ccc(C)cc1NS(=O)(=O)c1ccc(NC(=O)c2cc(S(=O)(=O)N3CCC(C)CC3)ccc2OC)cc1. The Balaban J connectivity index is 1.53. The minimum absolute atomic E-state index is 0.00657. The van der Waals surface area contributed by atoms with Crippen LogP contribution in [0.2, 0.25) is 0 Å². The summed E-state index contributed by atoms with van der Waals surface area (Å²) in [6, 6.07) is 14.9. The molecule has 1 amide bonds. The van der Waals surface area contributed by atoms with E-state index >= 15 is 0 Å². The largest absolute Gasteiger partial charge is 0.496 e. The van der Waals surface area contributed by atoms with Gasteiger partial charge >= 0.3 is 0 Å². The Hall–Kier alpha value is -3.61. The number of benzene rings is 3. The molecular weight excluding hydrogens is 554 g/mol. The molecule has 12 heteroatoms. The molecule has 1 fully saturated rings. The van der Waals surface area contributed by atoms with E-state index in [1.165, 1.54) is 61.0 Å². The van der Waals surface area contributed by atoms with Gasteiger partial charge in [-0.2, -0.15) is 4.31 Å². The molecule has 214 valence electrons. The molecule has 0 bridgehead atoms. The van der Waals surface area contributed by atoms with Gasteiger partial charge < -0.3 is 14.8 Å². The summed E-state index contributed by atoms with van der Waals surface area (Å²) in [6.45, 7) is 4.79. The van der Waals surface area contributed by atoms with Gasteiger partial charge in [0.1, 0.15) is 11.5 Å². The summed E-state index contributed by atoms with van der Waals surface area (Å²) >= 11 is 0. The summed E-state index contributed by atoms with van der Waals surface area (Å²) in [5, 5.41) is 2.69. The third kappa shape index (κ3) is 6.40. The van der Waals surface area contributed by atoms with Crippen LogP contribution in [0.3, 0.4) is 0 Å². The van der Waals surface area contributed by atoms with Crippen LogP contribution in [0.5, 0.6) is 11.5 Å². The first-order chi connectivity index (χ1) is 18.9. The molecule has 0 aliphatic carbocycles. The number of ether oxygens (including phenoxy) is 2. The third-order valence-corrected chi connectivity index (χ3v) is 10.1. The molecule has 1 heterocycles. The lowest BCUT2D eigenvalue weighted by atomic mass is 10.0. The average Bonchev–Trinajstić information content (AvgIpc) is 2.93. The zero-order valence-electron chi connectivity index (χ0n) is 22.8. The Bertz CT molecular complexity index is 1600. The predicted octanol–water partition coefficient (Wildman–Crippen LogP) is 4.49. The van der Waals surface area contributed by atoms with Gasteiger partial charge in [0, 0.05) is 18.8 Å². The molecule has 3 aromatic carbocycles. The Kier molecular flexibility index (Phi) is 8.71. The first-order valence-corrected chi connectivity index (χ1v) is 15.6. The quantitative estimate of drug-likeness (QED) is 0.377. The highest BCUT2D eigenvalue weighted by Gasteiger charge is 2.29. The zero-order chi connectivity index (χ0) is 29.1. The van der Waals surface area contributed by atoms with Crippen molar-refractivity contribution in [3.8, 4) is 11.5 Å². The van der Waals surface area contributed by atoms with Crippen LogP contribution in [-0.2, 0) is 20.0 Å². The van der Waals surface area contributed by atoms with Crippen LogP contribution in [0.1, 0.15) is 35.7 Å². The highest BCUT2D eigenvalue weighted by atomic mass is 32.2. The van der Waals surface area contributed by atoms with E-state index < -0.39 is 26.0 Å². The molecule has 0 atom stereocenters. The maximum Gasteiger partial charge on any atom is 0.262 e. The number of methoxy groups -OCH3 is 2. The maximum absolute atomic E-state index is 13.2. The maximum atomic E-state index is 13.2. The van der Waals surface area contributed by atoms with Crippen molar-refractivity contribution in [2.75, 3.05) is 37.3 Å². The van der Waals surface area contributed by atoms with Crippen LogP contribution in [0, 0.1) is 12.8 Å². The monoisotopic (exact) mass is 587 g/mol. The minimum Gasteiger partial charge on any atom is -0.496 e. The molecule has 0 unspecified atom stereocenters. The van der Waals surface area contributed by atoms with Gasteiger partial charge in [0.25, 0.3) is 15.9 Å². The van der Waals surface area contributed by atoms with Crippen molar-refractivity contribution in [1.82, 2.24) is 4.31 Å². The van der Waals surface area contributed by atoms with Gasteiger partial charge in [-0.05, 0) is 85.8 Å². The van der Waals surface area contributed by atoms with E-state index in [0.717, 1.165) is 18.4 Å². The lowest BCUT2D eigenvalue weighted by Gasteiger charge is -2.29. The smallest absolute Gasteiger partial charge is 0.262 e. The molecule has 0 aromatic heterocycles. The number of carbonyl (C=O) groups excluding carboxylic acids is 1. The number of rotatable bonds is 9. The van der Waals surface area contributed by atoms with Gasteiger partial charge in [-0.25, -0.2) is 16.8 Å². The lowest BCUT2D eigenvalue weighted by Crippen LogP contribution is -2.37. The summed E-state index contributed by atoms with van der Waals surface area (Å²) in [5.41, 5.74) is 1.52. The standard InChI is InChI=1S/C28H33N3O7S2/c1-19-13-15-31(16-14-19)40(35,36)23-10-12-26(37-3)24(18-23)28(32)29-21-6-8-22(9-7-21)39(33,34)30-25-17-20(2)5-11-27(25)38-4/h5-12,17-19,30H,13-16H2,1-4H3,(H,29,32). The fourth-order valence-electron chi connectivity index (χ4n) is 4.42. The van der Waals surface area contributed by atoms with Crippen molar-refractivity contribution in [3.05, 3.63) is 71.8 Å². The van der Waals surface area contributed by atoms with Gasteiger partial charge in [0.2, 0.25) is 10.0 Å². The number of anilines is 2. The Morgan fingerprint density at radius 2 is 1.45 bits per heavy atom. The number of hydrogen-bond acceptors (Lipinski definition) is 7. The van der Waals surface area contributed by atoms with Crippen molar-refractivity contribution < 1.29 is 31.1 Å². The summed E-state index contributed by atoms with van der Waals surface area (Å²) in [5.74, 6) is 0.455. The third-order valence-electron chi connectivity index (χ3n) is 6.82. The van der Waals surface area contributed by atoms with Gasteiger partial charge in [-0.1, -0.05) is 13.0 Å². The summed E-state index contributed by atoms with van der Waals surface area (Å²) in [4.78, 5) is 13.2. The molecule has 1 aliphatic heterocycles. The van der Waals surface area contributed by atoms with E-state index in [1.807, 2.05) is 13.0 Å². The molecule has 2 N–H and O–H groups in total. The second-order valence-corrected chi connectivity index (χ2v) is 13.4. The van der Waals surface area contributed by atoms with Crippen LogP contribution in [0.4, 0.5) is 11.4 Å². The summed E-state index contributed by atoms with van der Waals surface area (Å²) in [6.07, 6.45) is 1.56. The van der Waals surface area contributed by atoms with Crippen molar-refractivity contribution in [1.29, 1.82) is 0 Å². The Morgan fingerprint density at radius 1 is 0.850 bits per heavy atom. The van der Waals surface area contributed by atoms with E-state index in [1.54, 1.807) is 12.1 Å². The second-order valence-electron chi connectivity index (χ2n) is 9.74. The molecule has 0 radical (unpaired) electrons. The lowest BCUT2D eigenvalue weighted by molar-refractivity contribution is 0.102. The first-order valence-electron chi connectivity index (χ1n) is 12.7. The van der Waals surface area contributed by atoms with Gasteiger partial charge in [-0.3, -0.25) is 9.52 Å². The summed E-state index contributed by atoms with van der Waals surface area (Å²) < 4.78 is 66.9. The van der Waals surface area contributed by atoms with Crippen molar-refractivity contribution in [2.24, 2.45) is 5.92 Å². The van der Waals surface area contributed by atoms with Crippen molar-refractivity contribution >= 4 is 37.3 Å². The first kappa shape index (κ1) is 29.4. The van der Waals surface area contributed by atoms with Crippen molar-refractivity contribution in [3.63, 3.8) is 0 Å². The highest BCUT2D eigenvalue weighted by Crippen LogP contribution is 2.30. The number of sulfonamides is 2. The molecule has 1 aliphatic rings. The van der Waals surface area contributed by atoms with E-state index in [9.17, 15) is 21.6 Å². The molecule has 3 aromatic rings. The fraction of sp³-hybridized carbons (Fsp3) is 0.321. The Labute approximate surface area is 235 Å². The fourth-order valence-corrected chi connectivity index (χ4v) is 6.98. The molecule has 0 spiro atoms. The molecule has 10 nitrogen and oxygen atoms in total. The van der Waals surface area contributed by atoms with E-state index in [0.29, 0.717) is 36.1 Å². The van der Waals surface area contributed by atoms with Crippen LogP contribution in [0.25, 0.3) is 0 Å². The van der Waals surface area contributed by atoms with Crippen LogP contribution in [0.15, 0.2) is 70.5 Å². The van der Waals surface area contributed by atoms with Crippen LogP contribution < -0.4 is 19.5 Å². The van der Waals surface area contributed by atoms with Gasteiger partial charge in [-0.15, -0.1) is 0 Å². The number of nitrogens with one attached hydrogen (secondary N) is 2. The van der Waals surface area contributed by atoms with E-state index in [4.69, 9.17) is 9.47 Å². The number of hydrogen-bond donors (Lipinski definition) is 2. The van der Waals surface area contributed by atoms with E-state index in [2.05, 4.69) is 17.0 Å². The van der Waals surface area contributed by atoms with Crippen LogP contribution >= 0.6 is 0 Å². The predicted molar refractivity (Wildman–Crippen MR) is 153 cm³/mol.